The predicted octanol–water partition coefficient (Wildman–Crippen LogP) is 3.26. The Hall–Kier alpha value is -3.15. The van der Waals surface area contributed by atoms with Gasteiger partial charge in [0.2, 0.25) is 0 Å². The van der Waals surface area contributed by atoms with Crippen molar-refractivity contribution in [1.82, 2.24) is 20.0 Å². The highest BCUT2D eigenvalue weighted by atomic mass is 16.2. The molecule has 120 valence electrons. The molecule has 2 aromatic heterocycles. The average molecular weight is 319 g/mol. The third-order valence-corrected chi connectivity index (χ3v) is 4.19. The van der Waals surface area contributed by atoms with Gasteiger partial charge in [0.25, 0.3) is 5.91 Å². The quantitative estimate of drug-likeness (QED) is 0.608. The lowest BCUT2D eigenvalue weighted by atomic mass is 10.1. The van der Waals surface area contributed by atoms with Gasteiger partial charge in [0.1, 0.15) is 0 Å². The maximum atomic E-state index is 12.2. The van der Waals surface area contributed by atoms with Crippen molar-refractivity contribution in [2.75, 3.05) is 5.32 Å². The van der Waals surface area contributed by atoms with E-state index in [1.807, 2.05) is 18.2 Å². The molecule has 2 heterocycles. The molecule has 0 unspecified atom stereocenters. The number of carbonyl (C=O) groups excluding carboxylic acids is 1. The minimum atomic E-state index is -0.271. The molecule has 0 saturated carbocycles. The van der Waals surface area contributed by atoms with Crippen LogP contribution < -0.4 is 5.32 Å². The van der Waals surface area contributed by atoms with Crippen LogP contribution in [0.1, 0.15) is 23.0 Å². The lowest BCUT2D eigenvalue weighted by Crippen LogP contribution is -2.12. The third-order valence-electron chi connectivity index (χ3n) is 4.19. The zero-order valence-corrected chi connectivity index (χ0v) is 13.5. The van der Waals surface area contributed by atoms with Crippen LogP contribution >= 0.6 is 0 Å². The molecule has 0 fully saturated rings. The monoisotopic (exact) mass is 319 g/mol. The number of aromatic amines is 1. The molecule has 0 spiro atoms. The maximum absolute atomic E-state index is 12.2. The molecule has 0 aliphatic heterocycles. The molecule has 1 amide bonds. The van der Waals surface area contributed by atoms with Crippen molar-refractivity contribution in [3.8, 4) is 0 Å². The molecule has 0 radical (unpaired) electrons. The molecule has 0 aliphatic carbocycles. The minimum absolute atomic E-state index is 0.271. The largest absolute Gasteiger partial charge is 0.354 e. The van der Waals surface area contributed by atoms with Gasteiger partial charge in [-0.15, -0.1) is 5.10 Å². The van der Waals surface area contributed by atoms with Gasteiger partial charge in [-0.2, -0.15) is 9.90 Å². The number of aryl methyl sites for hydroxylation is 2. The second-order valence-corrected chi connectivity index (χ2v) is 5.75. The molecular formula is C18H17N5O. The van der Waals surface area contributed by atoms with Gasteiger partial charge in [-0.1, -0.05) is 31.2 Å². The smallest absolute Gasteiger partial charge is 0.277 e. The lowest BCUT2D eigenvalue weighted by Gasteiger charge is -2.03. The number of aromatic nitrogens is 4. The highest BCUT2D eigenvalue weighted by Crippen LogP contribution is 2.29. The molecule has 0 atom stereocenters. The Labute approximate surface area is 138 Å². The van der Waals surface area contributed by atoms with Crippen molar-refractivity contribution >= 4 is 33.4 Å². The van der Waals surface area contributed by atoms with E-state index in [1.165, 1.54) is 21.9 Å². The van der Waals surface area contributed by atoms with Crippen LogP contribution in [0.25, 0.3) is 21.8 Å². The van der Waals surface area contributed by atoms with Gasteiger partial charge >= 0.3 is 0 Å². The first-order valence-corrected chi connectivity index (χ1v) is 7.86. The summed E-state index contributed by atoms with van der Waals surface area (Å²) in [4.78, 5) is 17.0. The number of fused-ring (bicyclic) bond motifs is 3. The van der Waals surface area contributed by atoms with Crippen LogP contribution in [-0.4, -0.2) is 25.9 Å². The van der Waals surface area contributed by atoms with Crippen LogP contribution in [0.3, 0.4) is 0 Å². The normalized spacial score (nSPS) is 11.2. The molecule has 0 bridgehead atoms. The first-order valence-electron chi connectivity index (χ1n) is 7.86. The van der Waals surface area contributed by atoms with E-state index in [-0.39, 0.29) is 5.91 Å². The third kappa shape index (κ3) is 2.32. The number of nitrogens with one attached hydrogen (secondary N) is 2. The Morgan fingerprint density at radius 3 is 2.88 bits per heavy atom. The number of hydrogen-bond donors (Lipinski definition) is 2. The van der Waals surface area contributed by atoms with E-state index in [1.54, 1.807) is 7.05 Å². The molecule has 2 N–H and O–H groups in total. The van der Waals surface area contributed by atoms with E-state index < -0.39 is 0 Å². The number of amides is 1. The molecule has 6 nitrogen and oxygen atoms in total. The zero-order chi connectivity index (χ0) is 16.7. The average Bonchev–Trinajstić information content (AvgIpc) is 3.17. The van der Waals surface area contributed by atoms with Crippen LogP contribution in [0, 0.1) is 0 Å². The number of carbonyl (C=O) groups is 1. The van der Waals surface area contributed by atoms with Gasteiger partial charge in [0.15, 0.2) is 5.69 Å². The molecule has 0 aliphatic rings. The Morgan fingerprint density at radius 1 is 1.25 bits per heavy atom. The maximum Gasteiger partial charge on any atom is 0.277 e. The summed E-state index contributed by atoms with van der Waals surface area (Å²) in [5.41, 5.74) is 4.47. The summed E-state index contributed by atoms with van der Waals surface area (Å²) >= 11 is 0. The first-order chi connectivity index (χ1) is 11.7. The van der Waals surface area contributed by atoms with Crippen LogP contribution in [0.2, 0.25) is 0 Å². The second-order valence-electron chi connectivity index (χ2n) is 5.75. The summed E-state index contributed by atoms with van der Waals surface area (Å²) in [7, 11) is 1.68. The van der Waals surface area contributed by atoms with Gasteiger partial charge < -0.3 is 10.3 Å². The van der Waals surface area contributed by atoms with Gasteiger partial charge in [0, 0.05) is 34.5 Å². The van der Waals surface area contributed by atoms with Gasteiger partial charge in [-0.25, -0.2) is 0 Å². The SMILES string of the molecule is CCc1cccc2c1[nH]c1cc(NC(=O)c3cnn(C)n3)ccc12. The second kappa shape index (κ2) is 5.49. The molecule has 24 heavy (non-hydrogen) atoms. The summed E-state index contributed by atoms with van der Waals surface area (Å²) in [6.45, 7) is 2.15. The summed E-state index contributed by atoms with van der Waals surface area (Å²) in [6.07, 6.45) is 2.42. The fraction of sp³-hybridized carbons (Fsp3) is 0.167. The predicted molar refractivity (Wildman–Crippen MR) is 94.1 cm³/mol. The Morgan fingerprint density at radius 2 is 2.12 bits per heavy atom. The zero-order valence-electron chi connectivity index (χ0n) is 13.5. The molecule has 0 saturated heterocycles. The van der Waals surface area contributed by atoms with Crippen molar-refractivity contribution in [2.45, 2.75) is 13.3 Å². The van der Waals surface area contributed by atoms with Crippen LogP contribution in [0.5, 0.6) is 0 Å². The summed E-state index contributed by atoms with van der Waals surface area (Å²) in [6, 6.07) is 12.2. The minimum Gasteiger partial charge on any atom is -0.354 e. The molecule has 6 heteroatoms. The highest BCUT2D eigenvalue weighted by molar-refractivity contribution is 6.10. The number of anilines is 1. The number of para-hydroxylation sites is 1. The number of nitrogens with zero attached hydrogens (tertiary/aromatic N) is 3. The van der Waals surface area contributed by atoms with E-state index in [4.69, 9.17) is 0 Å². The molecule has 4 rings (SSSR count). The van der Waals surface area contributed by atoms with Gasteiger partial charge in [0.05, 0.1) is 6.20 Å². The van der Waals surface area contributed by atoms with E-state index in [0.717, 1.165) is 28.5 Å². The lowest BCUT2D eigenvalue weighted by molar-refractivity contribution is 0.102. The summed E-state index contributed by atoms with van der Waals surface area (Å²) in [5, 5.41) is 13.1. The van der Waals surface area contributed by atoms with Gasteiger partial charge in [-0.05, 0) is 24.1 Å². The fourth-order valence-electron chi connectivity index (χ4n) is 3.01. The number of benzene rings is 2. The van der Waals surface area contributed by atoms with Crippen molar-refractivity contribution in [3.05, 3.63) is 53.9 Å². The number of H-pyrrole nitrogens is 1. The van der Waals surface area contributed by atoms with E-state index in [2.05, 4.69) is 45.6 Å². The molecule has 2 aromatic carbocycles. The van der Waals surface area contributed by atoms with Crippen LogP contribution in [0.15, 0.2) is 42.6 Å². The number of hydrogen-bond acceptors (Lipinski definition) is 3. The van der Waals surface area contributed by atoms with Crippen molar-refractivity contribution in [1.29, 1.82) is 0 Å². The Kier molecular flexibility index (Phi) is 3.30. The highest BCUT2D eigenvalue weighted by Gasteiger charge is 2.12. The fourth-order valence-corrected chi connectivity index (χ4v) is 3.01. The topological polar surface area (TPSA) is 75.6 Å². The van der Waals surface area contributed by atoms with E-state index in [9.17, 15) is 4.79 Å². The molecular weight excluding hydrogens is 302 g/mol. The van der Waals surface area contributed by atoms with E-state index in [0.29, 0.717) is 5.69 Å². The Balaban J connectivity index is 1.73. The molecule has 4 aromatic rings. The van der Waals surface area contributed by atoms with Crippen molar-refractivity contribution in [3.63, 3.8) is 0 Å². The van der Waals surface area contributed by atoms with Crippen LogP contribution in [0.4, 0.5) is 5.69 Å². The first kappa shape index (κ1) is 14.4. The summed E-state index contributed by atoms with van der Waals surface area (Å²) < 4.78 is 0. The van der Waals surface area contributed by atoms with Crippen molar-refractivity contribution < 1.29 is 4.79 Å². The standard InChI is InChI=1S/C18H17N5O/c1-3-11-5-4-6-14-13-8-7-12(9-15(13)21-17(11)14)20-18(24)16-10-19-23(2)22-16/h4-10,21H,3H2,1-2H3,(H,20,24). The van der Waals surface area contributed by atoms with E-state index >= 15 is 0 Å². The van der Waals surface area contributed by atoms with Crippen LogP contribution in [-0.2, 0) is 13.5 Å². The summed E-state index contributed by atoms with van der Waals surface area (Å²) in [5.74, 6) is -0.271. The Bertz CT molecular complexity index is 1060. The van der Waals surface area contributed by atoms with Crippen molar-refractivity contribution in [2.24, 2.45) is 7.05 Å². The number of rotatable bonds is 3. The van der Waals surface area contributed by atoms with Gasteiger partial charge in [-0.3, -0.25) is 4.79 Å².